The first-order valence-corrected chi connectivity index (χ1v) is 12.3. The minimum absolute atomic E-state index is 0.203. The van der Waals surface area contributed by atoms with Crippen molar-refractivity contribution in [3.05, 3.63) is 10.6 Å². The summed E-state index contributed by atoms with van der Waals surface area (Å²) in [6.45, 7) is 7.80. The molecule has 5 fully saturated rings. The van der Waals surface area contributed by atoms with Gasteiger partial charge < -0.3 is 5.32 Å². The fraction of sp³-hybridized carbons (Fsp3) is 0.826. The number of hydrogen-bond donors (Lipinski definition) is 1. The van der Waals surface area contributed by atoms with Gasteiger partial charge in [-0.2, -0.15) is 0 Å². The molecule has 0 atom stereocenters. The van der Waals surface area contributed by atoms with Crippen LogP contribution < -0.4 is 5.32 Å². The molecule has 4 bridgehead atoms. The molecular formula is C23H35N3OS. The number of rotatable bonds is 5. The third-order valence-corrected chi connectivity index (χ3v) is 9.14. The van der Waals surface area contributed by atoms with Crippen LogP contribution in [0.25, 0.3) is 0 Å². The van der Waals surface area contributed by atoms with E-state index in [1.165, 1.54) is 69.3 Å². The average Bonchev–Trinajstić information content (AvgIpc) is 2.94. The van der Waals surface area contributed by atoms with Gasteiger partial charge in [-0.25, -0.2) is 4.98 Å². The van der Waals surface area contributed by atoms with Crippen LogP contribution in [0.1, 0.15) is 75.3 Å². The van der Waals surface area contributed by atoms with Crippen LogP contribution >= 0.6 is 11.3 Å². The minimum Gasteiger partial charge on any atom is -0.302 e. The molecule has 1 aromatic rings. The number of nitrogens with zero attached hydrogens (tertiary/aromatic N) is 2. The summed E-state index contributed by atoms with van der Waals surface area (Å²) in [4.78, 5) is 21.4. The molecule has 6 rings (SSSR count). The number of likely N-dealkylation sites (tertiary alicyclic amines) is 1. The lowest BCUT2D eigenvalue weighted by molar-refractivity contribution is -0.124. The lowest BCUT2D eigenvalue weighted by atomic mass is 9.49. The van der Waals surface area contributed by atoms with Crippen molar-refractivity contribution in [2.24, 2.45) is 29.1 Å². The van der Waals surface area contributed by atoms with Crippen LogP contribution in [0.5, 0.6) is 0 Å². The third kappa shape index (κ3) is 3.89. The molecule has 28 heavy (non-hydrogen) atoms. The summed E-state index contributed by atoms with van der Waals surface area (Å²) in [6, 6.07) is 0. The summed E-state index contributed by atoms with van der Waals surface area (Å²) in [5.41, 5.74) is 1.40. The molecule has 1 aliphatic heterocycles. The zero-order chi connectivity index (χ0) is 19.3. The standard InChI is InChI=1S/C23H35N3OS/c1-15-3-5-26(6-4-15)14-20-16(2)24-22(28-20)25-21(27)13-23-10-17-7-18(11-23)9-19(8-17)12-23/h15,17-19H,3-14H2,1-2H3,(H,24,25,27). The van der Waals surface area contributed by atoms with Gasteiger partial charge in [0.15, 0.2) is 5.13 Å². The Kier molecular flexibility index (Phi) is 5.03. The zero-order valence-electron chi connectivity index (χ0n) is 17.5. The molecule has 0 spiro atoms. The molecule has 4 aliphatic carbocycles. The van der Waals surface area contributed by atoms with Gasteiger partial charge in [0.25, 0.3) is 0 Å². The molecule has 4 nitrogen and oxygen atoms in total. The Hall–Kier alpha value is -0.940. The van der Waals surface area contributed by atoms with Gasteiger partial charge in [0.2, 0.25) is 5.91 Å². The largest absolute Gasteiger partial charge is 0.302 e. The van der Waals surface area contributed by atoms with E-state index in [1.54, 1.807) is 11.3 Å². The summed E-state index contributed by atoms with van der Waals surface area (Å²) >= 11 is 1.69. The smallest absolute Gasteiger partial charge is 0.226 e. The predicted molar refractivity (Wildman–Crippen MR) is 114 cm³/mol. The van der Waals surface area contributed by atoms with Gasteiger partial charge in [-0.1, -0.05) is 6.92 Å². The number of piperidine rings is 1. The van der Waals surface area contributed by atoms with Crippen LogP contribution in [0.3, 0.4) is 0 Å². The van der Waals surface area contributed by atoms with Gasteiger partial charge >= 0.3 is 0 Å². The fourth-order valence-corrected chi connectivity index (χ4v) is 8.08. The van der Waals surface area contributed by atoms with Gasteiger partial charge in [-0.05, 0) is 100 Å². The third-order valence-electron chi connectivity index (χ3n) is 8.08. The van der Waals surface area contributed by atoms with E-state index >= 15 is 0 Å². The zero-order valence-corrected chi connectivity index (χ0v) is 18.3. The van der Waals surface area contributed by atoms with E-state index in [9.17, 15) is 4.79 Å². The summed E-state index contributed by atoms with van der Waals surface area (Å²) in [5.74, 6) is 3.77. The number of anilines is 1. The molecule has 0 radical (unpaired) electrons. The van der Waals surface area contributed by atoms with Crippen LogP contribution in [0.15, 0.2) is 0 Å². The Morgan fingerprint density at radius 2 is 1.75 bits per heavy atom. The Balaban J connectivity index is 1.19. The van der Waals surface area contributed by atoms with Gasteiger partial charge in [0.1, 0.15) is 0 Å². The fourth-order valence-electron chi connectivity index (χ4n) is 7.06. The lowest BCUT2D eigenvalue weighted by Gasteiger charge is -2.56. The van der Waals surface area contributed by atoms with E-state index in [4.69, 9.17) is 0 Å². The molecule has 1 aromatic heterocycles. The van der Waals surface area contributed by atoms with E-state index in [2.05, 4.69) is 29.0 Å². The second kappa shape index (κ2) is 7.39. The molecule has 5 aliphatic rings. The Morgan fingerprint density at radius 1 is 1.14 bits per heavy atom. The number of nitrogens with one attached hydrogen (secondary N) is 1. The highest BCUT2D eigenvalue weighted by Gasteiger charge is 2.51. The van der Waals surface area contributed by atoms with Crippen LogP contribution in [0, 0.1) is 36.0 Å². The molecule has 154 valence electrons. The highest BCUT2D eigenvalue weighted by Crippen LogP contribution is 2.61. The van der Waals surface area contributed by atoms with E-state index in [1.807, 2.05) is 0 Å². The molecular weight excluding hydrogens is 366 g/mol. The first-order valence-electron chi connectivity index (χ1n) is 11.4. The highest BCUT2D eigenvalue weighted by molar-refractivity contribution is 7.15. The normalized spacial score (nSPS) is 35.4. The van der Waals surface area contributed by atoms with Gasteiger partial charge in [-0.15, -0.1) is 11.3 Å². The number of aryl methyl sites for hydroxylation is 1. The summed E-state index contributed by atoms with van der Waals surface area (Å²) < 4.78 is 0. The van der Waals surface area contributed by atoms with Crippen LogP contribution in [-0.4, -0.2) is 28.9 Å². The molecule has 5 heteroatoms. The SMILES string of the molecule is Cc1nc(NC(=O)CC23CC4CC(CC(C4)C2)C3)sc1CN1CCC(C)CC1. The van der Waals surface area contributed by atoms with E-state index < -0.39 is 0 Å². The van der Waals surface area contributed by atoms with E-state index in [0.29, 0.717) is 11.8 Å². The predicted octanol–water partition coefficient (Wildman–Crippen LogP) is 5.23. The monoisotopic (exact) mass is 401 g/mol. The number of hydrogen-bond acceptors (Lipinski definition) is 4. The quantitative estimate of drug-likeness (QED) is 0.735. The molecule has 1 amide bonds. The molecule has 1 saturated heterocycles. The van der Waals surface area contributed by atoms with Crippen molar-refractivity contribution in [2.45, 2.75) is 78.2 Å². The number of aromatic nitrogens is 1. The van der Waals surface area contributed by atoms with Gasteiger partial charge in [0, 0.05) is 17.8 Å². The number of amides is 1. The van der Waals surface area contributed by atoms with Crippen molar-refractivity contribution < 1.29 is 4.79 Å². The first kappa shape index (κ1) is 19.0. The molecule has 0 unspecified atom stereocenters. The number of thiazole rings is 1. The minimum atomic E-state index is 0.203. The van der Waals surface area contributed by atoms with Crippen molar-refractivity contribution in [3.63, 3.8) is 0 Å². The van der Waals surface area contributed by atoms with Crippen molar-refractivity contribution in [2.75, 3.05) is 18.4 Å². The summed E-state index contributed by atoms with van der Waals surface area (Å²) in [5, 5.41) is 3.98. The molecule has 1 N–H and O–H groups in total. The van der Waals surface area contributed by atoms with Crippen molar-refractivity contribution >= 4 is 22.4 Å². The van der Waals surface area contributed by atoms with Gasteiger partial charge in [0.05, 0.1) is 5.69 Å². The Bertz CT molecular complexity index is 699. The maximum Gasteiger partial charge on any atom is 0.226 e. The number of carbonyl (C=O) groups is 1. The summed E-state index contributed by atoms with van der Waals surface area (Å²) in [7, 11) is 0. The maximum absolute atomic E-state index is 12.9. The van der Waals surface area contributed by atoms with Crippen LogP contribution in [-0.2, 0) is 11.3 Å². The Morgan fingerprint density at radius 3 is 2.36 bits per heavy atom. The Labute approximate surface area is 173 Å². The second-order valence-corrected chi connectivity index (χ2v) is 11.7. The van der Waals surface area contributed by atoms with E-state index in [0.717, 1.165) is 41.0 Å². The first-order chi connectivity index (χ1) is 13.5. The van der Waals surface area contributed by atoms with E-state index in [-0.39, 0.29) is 5.91 Å². The molecule has 0 aromatic carbocycles. The van der Waals surface area contributed by atoms with Crippen LogP contribution in [0.2, 0.25) is 0 Å². The lowest BCUT2D eigenvalue weighted by Crippen LogP contribution is -2.47. The second-order valence-electron chi connectivity index (χ2n) is 10.6. The molecule has 4 saturated carbocycles. The van der Waals surface area contributed by atoms with Crippen molar-refractivity contribution in [3.8, 4) is 0 Å². The topological polar surface area (TPSA) is 45.2 Å². The van der Waals surface area contributed by atoms with Crippen LogP contribution in [0.4, 0.5) is 5.13 Å². The highest BCUT2D eigenvalue weighted by atomic mass is 32.1. The van der Waals surface area contributed by atoms with Gasteiger partial charge in [-0.3, -0.25) is 9.69 Å². The summed E-state index contributed by atoms with van der Waals surface area (Å²) in [6.07, 6.45) is 11.5. The van der Waals surface area contributed by atoms with Crippen molar-refractivity contribution in [1.82, 2.24) is 9.88 Å². The van der Waals surface area contributed by atoms with Crippen molar-refractivity contribution in [1.29, 1.82) is 0 Å². The number of carbonyl (C=O) groups excluding carboxylic acids is 1. The average molecular weight is 402 g/mol. The molecule has 2 heterocycles. The maximum atomic E-state index is 12.9.